The smallest absolute Gasteiger partial charge is 0.342 e. The molecule has 0 amide bonds. The molecule has 4 atom stereocenters. The first-order valence-corrected chi connectivity index (χ1v) is 10.5. The lowest BCUT2D eigenvalue weighted by Crippen LogP contribution is -2.49. The lowest BCUT2D eigenvalue weighted by molar-refractivity contribution is -0.185. The molecule has 178 valence electrons. The predicted molar refractivity (Wildman–Crippen MR) is 119 cm³/mol. The lowest BCUT2D eigenvalue weighted by atomic mass is 9.99. The molecule has 8 nitrogen and oxygen atoms in total. The van der Waals surface area contributed by atoms with E-state index in [4.69, 9.17) is 28.4 Å². The van der Waals surface area contributed by atoms with Crippen molar-refractivity contribution >= 4 is 5.97 Å². The third-order valence-corrected chi connectivity index (χ3v) is 5.42. The highest BCUT2D eigenvalue weighted by molar-refractivity contribution is 5.79. The quantitative estimate of drug-likeness (QED) is 0.414. The Hall–Kier alpha value is -2.87. The number of ether oxygens (including phenoxy) is 6. The Morgan fingerprint density at radius 2 is 1.72 bits per heavy atom. The van der Waals surface area contributed by atoms with Gasteiger partial charge < -0.3 is 33.5 Å². The van der Waals surface area contributed by atoms with Gasteiger partial charge in [0.2, 0.25) is 12.5 Å². The minimum Gasteiger partial charge on any atom is -0.493 e. The average Bonchev–Trinajstić information content (AvgIpc) is 3.24. The van der Waals surface area contributed by atoms with Crippen LogP contribution >= 0.6 is 0 Å². The van der Waals surface area contributed by atoms with Crippen molar-refractivity contribution in [3.63, 3.8) is 0 Å². The average molecular weight is 451 g/mol. The minimum absolute atomic E-state index is 0.0888. The van der Waals surface area contributed by atoms with E-state index < -0.39 is 29.9 Å². The number of rotatable bonds is 10. The third-order valence-electron chi connectivity index (χ3n) is 5.42. The molecule has 0 radical (unpaired) electrons. The number of carbonyl (C=O) groups is 1. The first-order valence-electron chi connectivity index (χ1n) is 10.5. The van der Waals surface area contributed by atoms with Gasteiger partial charge in [0.15, 0.2) is 23.2 Å². The number of allylic oxidation sites excluding steroid dienone is 4. The Morgan fingerprint density at radius 3 is 2.31 bits per heavy atom. The fourth-order valence-electron chi connectivity index (χ4n) is 2.99. The fraction of sp³-hybridized carbons (Fsp3) is 0.542. The molecular formula is C24H34O8. The standard InChI is InChI=1S/C24H34O8/c1-9-14(3)30-17(6)24(7,26)23(25)32-16(5)21(31-15(4)10-2)18-11-19(27-8)22-20(12-18)28-13-29-22/h9-12,16-17,21,26H,13H2,1-8H3/b14-9-,15-10-/t16-,17-,21-,24+/m0/s1. The first kappa shape index (κ1) is 25.4. The van der Waals surface area contributed by atoms with Crippen LogP contribution in [0, 0.1) is 0 Å². The van der Waals surface area contributed by atoms with Gasteiger partial charge in [-0.25, -0.2) is 4.79 Å². The van der Waals surface area contributed by atoms with E-state index in [1.165, 1.54) is 14.0 Å². The maximum absolute atomic E-state index is 12.9. The number of methoxy groups -OCH3 is 1. The summed E-state index contributed by atoms with van der Waals surface area (Å²) in [7, 11) is 1.53. The van der Waals surface area contributed by atoms with Crippen molar-refractivity contribution < 1.29 is 38.3 Å². The van der Waals surface area contributed by atoms with E-state index in [2.05, 4.69) is 0 Å². The van der Waals surface area contributed by atoms with Crippen molar-refractivity contribution in [2.24, 2.45) is 0 Å². The van der Waals surface area contributed by atoms with Crippen LogP contribution in [0.4, 0.5) is 0 Å². The number of aliphatic hydroxyl groups is 1. The second kappa shape index (κ2) is 10.6. The van der Waals surface area contributed by atoms with Gasteiger partial charge in [0, 0.05) is 5.56 Å². The number of hydrogen-bond donors (Lipinski definition) is 1. The van der Waals surface area contributed by atoms with Crippen LogP contribution in [0.15, 0.2) is 35.8 Å². The molecule has 1 aromatic carbocycles. The first-order chi connectivity index (χ1) is 15.0. The maximum Gasteiger partial charge on any atom is 0.342 e. The van der Waals surface area contributed by atoms with Gasteiger partial charge in [0.05, 0.1) is 18.6 Å². The highest BCUT2D eigenvalue weighted by atomic mass is 16.7. The van der Waals surface area contributed by atoms with Crippen LogP contribution in [0.25, 0.3) is 0 Å². The third kappa shape index (κ3) is 5.68. The van der Waals surface area contributed by atoms with Crippen molar-refractivity contribution in [2.75, 3.05) is 13.9 Å². The van der Waals surface area contributed by atoms with Crippen LogP contribution in [-0.4, -0.2) is 42.8 Å². The molecule has 0 bridgehead atoms. The zero-order chi connectivity index (χ0) is 24.1. The topological polar surface area (TPSA) is 92.7 Å². The zero-order valence-corrected chi connectivity index (χ0v) is 20.1. The summed E-state index contributed by atoms with van der Waals surface area (Å²) in [5.41, 5.74) is -1.20. The molecule has 0 aromatic heterocycles. The molecular weight excluding hydrogens is 416 g/mol. The molecule has 8 heteroatoms. The Labute approximate surface area is 189 Å². The Balaban J connectivity index is 2.31. The molecule has 32 heavy (non-hydrogen) atoms. The summed E-state index contributed by atoms with van der Waals surface area (Å²) in [5, 5.41) is 10.8. The summed E-state index contributed by atoms with van der Waals surface area (Å²) in [4.78, 5) is 12.9. The fourth-order valence-corrected chi connectivity index (χ4v) is 2.99. The molecule has 0 fully saturated rings. The largest absolute Gasteiger partial charge is 0.493 e. The summed E-state index contributed by atoms with van der Waals surface area (Å²) in [5.74, 6) is 1.92. The van der Waals surface area contributed by atoms with Crippen molar-refractivity contribution in [3.05, 3.63) is 41.4 Å². The Bertz CT molecular complexity index is 871. The summed E-state index contributed by atoms with van der Waals surface area (Å²) >= 11 is 0. The Kier molecular flexibility index (Phi) is 8.44. The summed E-state index contributed by atoms with van der Waals surface area (Å²) in [6, 6.07) is 3.52. The maximum atomic E-state index is 12.9. The molecule has 1 aromatic rings. The van der Waals surface area contributed by atoms with Crippen LogP contribution in [-0.2, 0) is 19.0 Å². The molecule has 0 spiro atoms. The number of hydrogen-bond acceptors (Lipinski definition) is 8. The Morgan fingerprint density at radius 1 is 1.09 bits per heavy atom. The van der Waals surface area contributed by atoms with E-state index in [1.807, 2.05) is 13.8 Å². The van der Waals surface area contributed by atoms with E-state index in [0.29, 0.717) is 34.3 Å². The van der Waals surface area contributed by atoms with Gasteiger partial charge in [-0.3, -0.25) is 0 Å². The summed E-state index contributed by atoms with van der Waals surface area (Å²) < 4.78 is 33.7. The lowest BCUT2D eigenvalue weighted by Gasteiger charge is -2.32. The molecule has 0 saturated heterocycles. The van der Waals surface area contributed by atoms with E-state index in [9.17, 15) is 9.90 Å². The molecule has 1 N–H and O–H groups in total. The van der Waals surface area contributed by atoms with Gasteiger partial charge >= 0.3 is 5.97 Å². The monoisotopic (exact) mass is 450 g/mol. The van der Waals surface area contributed by atoms with Gasteiger partial charge in [-0.05, 0) is 72.8 Å². The van der Waals surface area contributed by atoms with Crippen molar-refractivity contribution in [1.82, 2.24) is 0 Å². The van der Waals surface area contributed by atoms with Crippen molar-refractivity contribution in [1.29, 1.82) is 0 Å². The van der Waals surface area contributed by atoms with E-state index >= 15 is 0 Å². The van der Waals surface area contributed by atoms with Gasteiger partial charge in [-0.1, -0.05) is 0 Å². The number of benzene rings is 1. The van der Waals surface area contributed by atoms with Gasteiger partial charge in [-0.2, -0.15) is 0 Å². The highest BCUT2D eigenvalue weighted by Gasteiger charge is 2.42. The molecule has 2 rings (SSSR count). The molecule has 1 aliphatic rings. The van der Waals surface area contributed by atoms with Crippen molar-refractivity contribution in [3.8, 4) is 17.2 Å². The van der Waals surface area contributed by atoms with Crippen LogP contribution in [0.2, 0.25) is 0 Å². The summed E-state index contributed by atoms with van der Waals surface area (Å²) in [6.45, 7) is 12.0. The van der Waals surface area contributed by atoms with Crippen LogP contribution in [0.3, 0.4) is 0 Å². The highest BCUT2D eigenvalue weighted by Crippen LogP contribution is 2.44. The normalized spacial score (nSPS) is 18.3. The van der Waals surface area contributed by atoms with Crippen molar-refractivity contribution in [2.45, 2.75) is 72.4 Å². The number of esters is 1. The van der Waals surface area contributed by atoms with Crippen LogP contribution in [0.5, 0.6) is 17.2 Å². The van der Waals surface area contributed by atoms with Crippen LogP contribution in [0.1, 0.15) is 60.1 Å². The van der Waals surface area contributed by atoms with E-state index in [0.717, 1.165) is 0 Å². The zero-order valence-electron chi connectivity index (χ0n) is 20.1. The molecule has 1 heterocycles. The molecule has 0 saturated carbocycles. The second-order valence-corrected chi connectivity index (χ2v) is 7.81. The number of fused-ring (bicyclic) bond motifs is 1. The van der Waals surface area contributed by atoms with Gasteiger partial charge in [-0.15, -0.1) is 0 Å². The van der Waals surface area contributed by atoms with Gasteiger partial charge in [0.25, 0.3) is 0 Å². The van der Waals surface area contributed by atoms with E-state index in [-0.39, 0.29) is 6.79 Å². The molecule has 1 aliphatic heterocycles. The minimum atomic E-state index is -1.87. The second-order valence-electron chi connectivity index (χ2n) is 7.81. The number of carbonyl (C=O) groups excluding carboxylic acids is 1. The van der Waals surface area contributed by atoms with Gasteiger partial charge in [0.1, 0.15) is 12.2 Å². The molecule has 0 unspecified atom stereocenters. The van der Waals surface area contributed by atoms with E-state index in [1.54, 1.807) is 52.0 Å². The van der Waals surface area contributed by atoms with Crippen LogP contribution < -0.4 is 14.2 Å². The predicted octanol–water partition coefficient (Wildman–Crippen LogP) is 4.42. The molecule has 0 aliphatic carbocycles. The summed E-state index contributed by atoms with van der Waals surface area (Å²) in [6.07, 6.45) is 1.28. The SMILES string of the molecule is C/C=C(/C)O[C@H](c1cc(OC)c2c(c1)OCO2)[C@H](C)OC(=O)[C@](C)(O)[C@H](C)O/C(C)=C\C.